The fourth-order valence-corrected chi connectivity index (χ4v) is 4.92. The molecule has 1 aromatic heterocycles. The first-order chi connectivity index (χ1) is 14.5. The van der Waals surface area contributed by atoms with Crippen molar-refractivity contribution in [3.05, 3.63) is 58.0 Å². The zero-order valence-electron chi connectivity index (χ0n) is 17.7. The number of primary amides is 1. The van der Waals surface area contributed by atoms with Gasteiger partial charge in [-0.25, -0.2) is 0 Å². The van der Waals surface area contributed by atoms with Gasteiger partial charge in [-0.1, -0.05) is 49.4 Å². The van der Waals surface area contributed by atoms with Crippen molar-refractivity contribution in [2.75, 3.05) is 44.6 Å². The SMILES string of the molecule is CCc1c(C)sc(NC(=O)CN2CCN(C/C=C/c3ccccc3)CC2)c1C(N)=O. The number of hydrogen-bond acceptors (Lipinski definition) is 5. The molecule has 1 saturated heterocycles. The Morgan fingerprint density at radius 1 is 1.13 bits per heavy atom. The van der Waals surface area contributed by atoms with E-state index in [1.165, 1.54) is 16.9 Å². The van der Waals surface area contributed by atoms with Crippen LogP contribution in [0, 0.1) is 6.92 Å². The first-order valence-electron chi connectivity index (χ1n) is 10.4. The molecule has 0 spiro atoms. The van der Waals surface area contributed by atoms with Crippen molar-refractivity contribution in [2.24, 2.45) is 5.73 Å². The van der Waals surface area contributed by atoms with E-state index >= 15 is 0 Å². The molecular weight excluding hydrogens is 396 g/mol. The second-order valence-corrected chi connectivity index (χ2v) is 8.72. The fraction of sp³-hybridized carbons (Fsp3) is 0.391. The molecule has 160 valence electrons. The van der Waals surface area contributed by atoms with E-state index in [4.69, 9.17) is 5.73 Å². The molecule has 0 bridgehead atoms. The van der Waals surface area contributed by atoms with Crippen LogP contribution >= 0.6 is 11.3 Å². The molecule has 6 nitrogen and oxygen atoms in total. The van der Waals surface area contributed by atoms with Gasteiger partial charge in [0.15, 0.2) is 0 Å². The third-order valence-corrected chi connectivity index (χ3v) is 6.43. The van der Waals surface area contributed by atoms with Crippen molar-refractivity contribution in [3.8, 4) is 0 Å². The number of anilines is 1. The third kappa shape index (κ3) is 5.78. The van der Waals surface area contributed by atoms with Crippen LogP contribution in [0.15, 0.2) is 36.4 Å². The Kier molecular flexibility index (Phi) is 7.79. The highest BCUT2D eigenvalue weighted by Gasteiger charge is 2.22. The first-order valence-corrected chi connectivity index (χ1v) is 11.2. The number of nitrogens with zero attached hydrogens (tertiary/aromatic N) is 2. The van der Waals surface area contributed by atoms with Gasteiger partial charge in [0.05, 0.1) is 12.1 Å². The number of benzene rings is 1. The number of amides is 2. The highest BCUT2D eigenvalue weighted by Crippen LogP contribution is 2.33. The molecule has 7 heteroatoms. The van der Waals surface area contributed by atoms with E-state index < -0.39 is 5.91 Å². The molecule has 2 heterocycles. The first kappa shape index (κ1) is 22.2. The number of piperazine rings is 1. The second-order valence-electron chi connectivity index (χ2n) is 7.50. The maximum Gasteiger partial charge on any atom is 0.251 e. The lowest BCUT2D eigenvalue weighted by Gasteiger charge is -2.33. The minimum absolute atomic E-state index is 0.0983. The highest BCUT2D eigenvalue weighted by atomic mass is 32.1. The van der Waals surface area contributed by atoms with Crippen LogP contribution in [0.5, 0.6) is 0 Å². The van der Waals surface area contributed by atoms with Crippen LogP contribution in [0.4, 0.5) is 5.00 Å². The van der Waals surface area contributed by atoms with E-state index in [9.17, 15) is 9.59 Å². The van der Waals surface area contributed by atoms with E-state index in [2.05, 4.69) is 39.4 Å². The standard InChI is InChI=1S/C23H30N4O2S/c1-3-19-17(2)30-23(21(19)22(24)29)25-20(28)16-27-14-12-26(13-15-27)11-7-10-18-8-5-4-6-9-18/h4-10H,3,11-16H2,1-2H3,(H2,24,29)(H,25,28)/b10-7+. The van der Waals surface area contributed by atoms with Crippen molar-refractivity contribution < 1.29 is 9.59 Å². The van der Waals surface area contributed by atoms with Gasteiger partial charge in [-0.2, -0.15) is 0 Å². The Balaban J connectivity index is 1.47. The molecule has 30 heavy (non-hydrogen) atoms. The zero-order chi connectivity index (χ0) is 21.5. The van der Waals surface area contributed by atoms with Gasteiger partial charge >= 0.3 is 0 Å². The molecule has 3 rings (SSSR count). The molecule has 0 atom stereocenters. The lowest BCUT2D eigenvalue weighted by Crippen LogP contribution is -2.48. The second kappa shape index (κ2) is 10.5. The highest BCUT2D eigenvalue weighted by molar-refractivity contribution is 7.16. The molecule has 1 aliphatic rings. The molecule has 2 amide bonds. The lowest BCUT2D eigenvalue weighted by molar-refractivity contribution is -0.117. The zero-order valence-corrected chi connectivity index (χ0v) is 18.5. The number of nitrogens with two attached hydrogens (primary N) is 1. The van der Waals surface area contributed by atoms with Gasteiger partial charge in [0.25, 0.3) is 5.91 Å². The molecule has 0 aliphatic carbocycles. The van der Waals surface area contributed by atoms with Gasteiger partial charge in [-0.3, -0.25) is 19.4 Å². The summed E-state index contributed by atoms with van der Waals surface area (Å²) in [5.74, 6) is -0.581. The van der Waals surface area contributed by atoms with Crippen molar-refractivity contribution in [3.63, 3.8) is 0 Å². The summed E-state index contributed by atoms with van der Waals surface area (Å²) in [6, 6.07) is 10.3. The van der Waals surface area contributed by atoms with Crippen molar-refractivity contribution in [2.45, 2.75) is 20.3 Å². The molecule has 0 unspecified atom stereocenters. The monoisotopic (exact) mass is 426 g/mol. The number of nitrogens with one attached hydrogen (secondary N) is 1. The van der Waals surface area contributed by atoms with Crippen LogP contribution in [0.2, 0.25) is 0 Å². The van der Waals surface area contributed by atoms with Crippen LogP contribution in [-0.2, 0) is 11.2 Å². The number of hydrogen-bond donors (Lipinski definition) is 2. The van der Waals surface area contributed by atoms with Gasteiger partial charge in [0.1, 0.15) is 5.00 Å². The number of rotatable bonds is 8. The maximum absolute atomic E-state index is 12.6. The Morgan fingerprint density at radius 2 is 1.80 bits per heavy atom. The Hall–Kier alpha value is -2.48. The molecule has 0 saturated carbocycles. The summed E-state index contributed by atoms with van der Waals surface area (Å²) in [4.78, 5) is 30.0. The quantitative estimate of drug-likeness (QED) is 0.680. The van der Waals surface area contributed by atoms with Crippen molar-refractivity contribution in [1.29, 1.82) is 0 Å². The topological polar surface area (TPSA) is 78.7 Å². The summed E-state index contributed by atoms with van der Waals surface area (Å²) in [6.07, 6.45) is 5.05. The van der Waals surface area contributed by atoms with Crippen LogP contribution in [0.25, 0.3) is 6.08 Å². The van der Waals surface area contributed by atoms with Gasteiger partial charge in [0.2, 0.25) is 5.91 Å². The smallest absolute Gasteiger partial charge is 0.251 e. The van der Waals surface area contributed by atoms with E-state index in [0.29, 0.717) is 17.1 Å². The van der Waals surface area contributed by atoms with E-state index in [-0.39, 0.29) is 5.91 Å². The predicted octanol–water partition coefficient (Wildman–Crippen LogP) is 2.99. The summed E-state index contributed by atoms with van der Waals surface area (Å²) in [5.41, 5.74) is 8.15. The molecule has 0 radical (unpaired) electrons. The number of carbonyl (C=O) groups is 2. The third-order valence-electron chi connectivity index (χ3n) is 5.37. The molecular formula is C23H30N4O2S. The summed E-state index contributed by atoms with van der Waals surface area (Å²) in [7, 11) is 0. The summed E-state index contributed by atoms with van der Waals surface area (Å²) in [6.45, 7) is 8.72. The normalized spacial score (nSPS) is 15.5. The van der Waals surface area contributed by atoms with Gasteiger partial charge in [-0.15, -0.1) is 11.3 Å². The van der Waals surface area contributed by atoms with Crippen LogP contribution < -0.4 is 11.1 Å². The Bertz CT molecular complexity index is 899. The van der Waals surface area contributed by atoms with Crippen LogP contribution in [0.3, 0.4) is 0 Å². The molecule has 1 aromatic carbocycles. The van der Waals surface area contributed by atoms with E-state index in [1.807, 2.05) is 32.0 Å². The van der Waals surface area contributed by atoms with Crippen LogP contribution in [0.1, 0.15) is 33.3 Å². The van der Waals surface area contributed by atoms with Crippen molar-refractivity contribution in [1.82, 2.24) is 9.80 Å². The maximum atomic E-state index is 12.6. The summed E-state index contributed by atoms with van der Waals surface area (Å²) < 4.78 is 0. The largest absolute Gasteiger partial charge is 0.365 e. The number of carbonyl (C=O) groups excluding carboxylic acids is 2. The lowest BCUT2D eigenvalue weighted by atomic mass is 10.1. The minimum atomic E-state index is -0.483. The number of aryl methyl sites for hydroxylation is 1. The molecule has 3 N–H and O–H groups in total. The summed E-state index contributed by atoms with van der Waals surface area (Å²) >= 11 is 1.42. The fourth-order valence-electron chi connectivity index (χ4n) is 3.75. The molecule has 1 fully saturated rings. The van der Waals surface area contributed by atoms with Crippen LogP contribution in [-0.4, -0.2) is 60.9 Å². The minimum Gasteiger partial charge on any atom is -0.365 e. The van der Waals surface area contributed by atoms with E-state index in [1.54, 1.807) is 0 Å². The van der Waals surface area contributed by atoms with Gasteiger partial charge in [-0.05, 0) is 24.5 Å². The Labute approximate surface area is 182 Å². The average molecular weight is 427 g/mol. The molecule has 1 aliphatic heterocycles. The van der Waals surface area contributed by atoms with E-state index in [0.717, 1.165) is 49.6 Å². The van der Waals surface area contributed by atoms with Gasteiger partial charge < -0.3 is 11.1 Å². The predicted molar refractivity (Wildman–Crippen MR) is 124 cm³/mol. The van der Waals surface area contributed by atoms with Gasteiger partial charge in [0, 0.05) is 37.6 Å². The average Bonchev–Trinajstić information content (AvgIpc) is 3.05. The summed E-state index contributed by atoms with van der Waals surface area (Å²) in [5, 5.41) is 3.49. The Morgan fingerprint density at radius 3 is 2.43 bits per heavy atom. The number of thiophene rings is 1. The van der Waals surface area contributed by atoms with Crippen molar-refractivity contribution >= 4 is 34.2 Å². The molecule has 2 aromatic rings.